The minimum atomic E-state index is 0.0531. The molecule has 0 fully saturated rings. The Bertz CT molecular complexity index is 931. The molecule has 0 spiro atoms. The van der Waals surface area contributed by atoms with E-state index in [4.69, 9.17) is 14.6 Å². The Morgan fingerprint density at radius 2 is 2.17 bits per heavy atom. The van der Waals surface area contributed by atoms with Crippen LogP contribution in [0.1, 0.15) is 11.3 Å². The van der Waals surface area contributed by atoms with Gasteiger partial charge in [0.15, 0.2) is 0 Å². The van der Waals surface area contributed by atoms with E-state index in [0.29, 0.717) is 22.9 Å². The zero-order valence-electron chi connectivity index (χ0n) is 13.0. The average Bonchev–Trinajstić information content (AvgIpc) is 2.98. The summed E-state index contributed by atoms with van der Waals surface area (Å²) in [6.45, 7) is 5.64. The molecule has 116 valence electrons. The van der Waals surface area contributed by atoms with Crippen LogP contribution in [-0.2, 0) is 4.74 Å². The summed E-state index contributed by atoms with van der Waals surface area (Å²) >= 11 is 0. The summed E-state index contributed by atoms with van der Waals surface area (Å²) in [5.74, 6) is 1.74. The van der Waals surface area contributed by atoms with E-state index in [-0.39, 0.29) is 5.55 Å². The molecule has 1 aromatic carbocycles. The normalized spacial score (nSPS) is 11.2. The number of imidazole rings is 1. The van der Waals surface area contributed by atoms with Crippen LogP contribution in [0, 0.1) is 12.3 Å². The van der Waals surface area contributed by atoms with Gasteiger partial charge in [0.1, 0.15) is 17.3 Å². The molecule has 5 nitrogen and oxygen atoms in total. The fourth-order valence-electron chi connectivity index (χ4n) is 2.26. The minimum absolute atomic E-state index is 0.0531. The number of nitrogens with one attached hydrogen (secondary N) is 2. The number of aromatic amines is 1. The zero-order chi connectivity index (χ0) is 16.4. The summed E-state index contributed by atoms with van der Waals surface area (Å²) in [7, 11) is 1.55. The van der Waals surface area contributed by atoms with Gasteiger partial charge in [-0.3, -0.25) is 5.41 Å². The Morgan fingerprint density at radius 1 is 1.39 bits per heavy atom. The largest absolute Gasteiger partial charge is 0.497 e. The van der Waals surface area contributed by atoms with Crippen molar-refractivity contribution < 1.29 is 9.15 Å². The Kier molecular flexibility index (Phi) is 3.85. The first kappa shape index (κ1) is 14.8. The van der Waals surface area contributed by atoms with E-state index in [1.165, 1.54) is 0 Å². The van der Waals surface area contributed by atoms with Crippen LogP contribution in [0.5, 0.6) is 0 Å². The van der Waals surface area contributed by atoms with Gasteiger partial charge in [-0.05, 0) is 42.8 Å². The van der Waals surface area contributed by atoms with Crippen molar-refractivity contribution in [1.29, 1.82) is 5.41 Å². The highest BCUT2D eigenvalue weighted by molar-refractivity contribution is 5.79. The lowest BCUT2D eigenvalue weighted by Crippen LogP contribution is -2.06. The van der Waals surface area contributed by atoms with Gasteiger partial charge in [-0.2, -0.15) is 0 Å². The molecule has 0 amide bonds. The lowest BCUT2D eigenvalue weighted by atomic mass is 10.1. The number of aryl methyl sites for hydroxylation is 1. The Balaban J connectivity index is 2.04. The molecule has 0 aliphatic carbocycles. The summed E-state index contributed by atoms with van der Waals surface area (Å²) in [6.07, 6.45) is 3.44. The van der Waals surface area contributed by atoms with Crippen LogP contribution in [0.4, 0.5) is 0 Å². The van der Waals surface area contributed by atoms with E-state index >= 15 is 0 Å². The first-order chi connectivity index (χ1) is 11.1. The zero-order valence-corrected chi connectivity index (χ0v) is 13.0. The Labute approximate surface area is 133 Å². The molecule has 0 radical (unpaired) electrons. The molecule has 3 rings (SSSR count). The van der Waals surface area contributed by atoms with E-state index in [0.717, 1.165) is 16.6 Å². The first-order valence-corrected chi connectivity index (χ1v) is 7.14. The number of allylic oxidation sites excluding steroid dienone is 1. The van der Waals surface area contributed by atoms with E-state index in [1.54, 1.807) is 19.3 Å². The van der Waals surface area contributed by atoms with Crippen molar-refractivity contribution in [1.82, 2.24) is 9.97 Å². The monoisotopic (exact) mass is 307 g/mol. The van der Waals surface area contributed by atoms with Crippen molar-refractivity contribution in [3.8, 4) is 11.4 Å². The summed E-state index contributed by atoms with van der Waals surface area (Å²) in [4.78, 5) is 7.73. The molecule has 0 unspecified atom stereocenters. The standard InChI is InChI=1S/C18H17N3O2/c1-11-10-13(17(19)23-16(11)9-8-12(2)22-3)18-20-14-6-4-5-7-15(14)21-18/h4-10,19H,2H2,1,3H3,(H,20,21)/b9-8-,19-17?. The summed E-state index contributed by atoms with van der Waals surface area (Å²) in [6, 6.07) is 9.64. The molecule has 5 heteroatoms. The van der Waals surface area contributed by atoms with E-state index in [2.05, 4.69) is 16.5 Å². The van der Waals surface area contributed by atoms with Gasteiger partial charge in [-0.15, -0.1) is 0 Å². The summed E-state index contributed by atoms with van der Waals surface area (Å²) in [5.41, 5.74) is 3.37. The predicted molar refractivity (Wildman–Crippen MR) is 89.6 cm³/mol. The maximum absolute atomic E-state index is 8.14. The SMILES string of the molecule is C=C(/C=C\c1oc(=N)c(-c2nc3ccccc3[nH]2)cc1C)OC. The molecule has 3 aromatic rings. The van der Waals surface area contributed by atoms with Crippen LogP contribution in [-0.4, -0.2) is 17.1 Å². The number of hydrogen-bond acceptors (Lipinski definition) is 4. The fourth-order valence-corrected chi connectivity index (χ4v) is 2.26. The van der Waals surface area contributed by atoms with E-state index in [9.17, 15) is 0 Å². The lowest BCUT2D eigenvalue weighted by molar-refractivity contribution is 0.309. The molecular weight excluding hydrogens is 290 g/mol. The number of fused-ring (bicyclic) bond motifs is 1. The fraction of sp³-hybridized carbons (Fsp3) is 0.111. The highest BCUT2D eigenvalue weighted by Gasteiger charge is 2.10. The number of hydrogen-bond donors (Lipinski definition) is 2. The number of H-pyrrole nitrogens is 1. The molecule has 23 heavy (non-hydrogen) atoms. The van der Waals surface area contributed by atoms with Gasteiger partial charge in [-0.25, -0.2) is 4.98 Å². The number of benzene rings is 1. The summed E-state index contributed by atoms with van der Waals surface area (Å²) < 4.78 is 10.6. The van der Waals surface area contributed by atoms with Crippen LogP contribution in [0.15, 0.2) is 53.2 Å². The van der Waals surface area contributed by atoms with Gasteiger partial charge in [0.05, 0.1) is 23.7 Å². The Morgan fingerprint density at radius 3 is 2.91 bits per heavy atom. The van der Waals surface area contributed by atoms with Crippen LogP contribution < -0.4 is 5.55 Å². The van der Waals surface area contributed by atoms with E-state index in [1.807, 2.05) is 37.3 Å². The molecule has 0 saturated carbocycles. The topological polar surface area (TPSA) is 74.9 Å². The number of aromatic nitrogens is 2. The predicted octanol–water partition coefficient (Wildman–Crippen LogP) is 3.78. The number of ether oxygens (including phenoxy) is 1. The van der Waals surface area contributed by atoms with Crippen molar-refractivity contribution in [2.45, 2.75) is 6.92 Å². The van der Waals surface area contributed by atoms with Crippen LogP contribution in [0.3, 0.4) is 0 Å². The molecule has 2 heterocycles. The van der Waals surface area contributed by atoms with Crippen molar-refractivity contribution in [2.75, 3.05) is 7.11 Å². The third-order valence-electron chi connectivity index (χ3n) is 3.53. The second-order valence-corrected chi connectivity index (χ2v) is 5.14. The maximum Gasteiger partial charge on any atom is 0.222 e. The average molecular weight is 307 g/mol. The van der Waals surface area contributed by atoms with Crippen molar-refractivity contribution in [2.24, 2.45) is 0 Å². The second-order valence-electron chi connectivity index (χ2n) is 5.14. The van der Waals surface area contributed by atoms with Gasteiger partial charge in [0, 0.05) is 0 Å². The molecule has 2 N–H and O–H groups in total. The highest BCUT2D eigenvalue weighted by atomic mass is 16.5. The van der Waals surface area contributed by atoms with Crippen molar-refractivity contribution >= 4 is 17.1 Å². The molecule has 0 aliphatic rings. The smallest absolute Gasteiger partial charge is 0.222 e. The number of para-hydroxylation sites is 2. The minimum Gasteiger partial charge on any atom is -0.497 e. The van der Waals surface area contributed by atoms with Gasteiger partial charge in [0.2, 0.25) is 5.55 Å². The first-order valence-electron chi connectivity index (χ1n) is 7.14. The molecular formula is C18H17N3O2. The van der Waals surface area contributed by atoms with Crippen LogP contribution >= 0.6 is 0 Å². The quantitative estimate of drug-likeness (QED) is 0.569. The summed E-state index contributed by atoms with van der Waals surface area (Å²) in [5, 5.41) is 8.14. The van der Waals surface area contributed by atoms with Gasteiger partial charge < -0.3 is 14.1 Å². The molecule has 0 bridgehead atoms. The lowest BCUT2D eigenvalue weighted by Gasteiger charge is -2.03. The van der Waals surface area contributed by atoms with Crippen LogP contribution in [0.2, 0.25) is 0 Å². The van der Waals surface area contributed by atoms with E-state index < -0.39 is 0 Å². The molecule has 0 aliphatic heterocycles. The third kappa shape index (κ3) is 2.94. The third-order valence-corrected chi connectivity index (χ3v) is 3.53. The Hall–Kier alpha value is -3.08. The van der Waals surface area contributed by atoms with Crippen molar-refractivity contribution in [3.05, 3.63) is 65.6 Å². The second kappa shape index (κ2) is 5.96. The van der Waals surface area contributed by atoms with Crippen LogP contribution in [0.25, 0.3) is 28.5 Å². The number of rotatable bonds is 4. The van der Waals surface area contributed by atoms with Gasteiger partial charge >= 0.3 is 0 Å². The maximum atomic E-state index is 8.14. The van der Waals surface area contributed by atoms with Gasteiger partial charge in [-0.1, -0.05) is 18.7 Å². The molecule has 0 atom stereocenters. The molecule has 0 saturated heterocycles. The number of methoxy groups -OCH3 is 1. The van der Waals surface area contributed by atoms with Crippen molar-refractivity contribution in [3.63, 3.8) is 0 Å². The highest BCUT2D eigenvalue weighted by Crippen LogP contribution is 2.20. The molecule has 2 aromatic heterocycles. The number of nitrogens with zero attached hydrogens (tertiary/aromatic N) is 1. The van der Waals surface area contributed by atoms with Gasteiger partial charge in [0.25, 0.3) is 0 Å².